The Morgan fingerprint density at radius 1 is 1.06 bits per heavy atom. The second-order valence-electron chi connectivity index (χ2n) is 7.22. The van der Waals surface area contributed by atoms with Crippen LogP contribution in [0.1, 0.15) is 16.8 Å². The predicted octanol–water partition coefficient (Wildman–Crippen LogP) is 2.32. The number of esters is 2. The molecule has 0 spiro atoms. The SMILES string of the molecule is O=C(OC1CCOC1=O)c1cc(S(=O)(=O)N2CCN(c3ccccc3)CC2)ccc1Cl. The van der Waals surface area contributed by atoms with E-state index in [9.17, 15) is 18.0 Å². The van der Waals surface area contributed by atoms with Gasteiger partial charge in [-0.3, -0.25) is 0 Å². The third kappa shape index (κ3) is 4.53. The Balaban J connectivity index is 1.49. The topological polar surface area (TPSA) is 93.2 Å². The van der Waals surface area contributed by atoms with Crippen LogP contribution in [0.2, 0.25) is 5.02 Å². The van der Waals surface area contributed by atoms with Gasteiger partial charge < -0.3 is 14.4 Å². The zero-order chi connectivity index (χ0) is 22.0. The summed E-state index contributed by atoms with van der Waals surface area (Å²) in [5.74, 6) is -1.48. The third-order valence-corrected chi connectivity index (χ3v) is 7.52. The van der Waals surface area contributed by atoms with Crippen molar-refractivity contribution in [1.82, 2.24) is 4.31 Å². The van der Waals surface area contributed by atoms with Crippen molar-refractivity contribution in [1.29, 1.82) is 0 Å². The molecular weight excluding hydrogens is 444 g/mol. The van der Waals surface area contributed by atoms with E-state index in [1.165, 1.54) is 22.5 Å². The zero-order valence-electron chi connectivity index (χ0n) is 16.6. The van der Waals surface area contributed by atoms with E-state index in [1.54, 1.807) is 0 Å². The zero-order valence-corrected chi connectivity index (χ0v) is 18.1. The number of hydrogen-bond acceptors (Lipinski definition) is 7. The molecule has 10 heteroatoms. The minimum Gasteiger partial charge on any atom is -0.463 e. The predicted molar refractivity (Wildman–Crippen MR) is 114 cm³/mol. The number of para-hydroxylation sites is 1. The molecule has 0 saturated carbocycles. The fraction of sp³-hybridized carbons (Fsp3) is 0.333. The summed E-state index contributed by atoms with van der Waals surface area (Å²) in [6.07, 6.45) is -0.749. The average Bonchev–Trinajstić information content (AvgIpc) is 3.18. The summed E-state index contributed by atoms with van der Waals surface area (Å²) >= 11 is 6.10. The Morgan fingerprint density at radius 2 is 1.77 bits per heavy atom. The lowest BCUT2D eigenvalue weighted by Gasteiger charge is -2.35. The van der Waals surface area contributed by atoms with Gasteiger partial charge >= 0.3 is 11.9 Å². The van der Waals surface area contributed by atoms with Crippen LogP contribution in [0, 0.1) is 0 Å². The van der Waals surface area contributed by atoms with Crippen molar-refractivity contribution in [3.8, 4) is 0 Å². The summed E-state index contributed by atoms with van der Waals surface area (Å²) in [4.78, 5) is 26.1. The molecule has 2 aromatic carbocycles. The number of benzene rings is 2. The van der Waals surface area contributed by atoms with Gasteiger partial charge in [-0.2, -0.15) is 4.31 Å². The van der Waals surface area contributed by atoms with Crippen molar-refractivity contribution >= 4 is 39.3 Å². The van der Waals surface area contributed by atoms with Crippen LogP contribution in [0.5, 0.6) is 0 Å². The first-order valence-electron chi connectivity index (χ1n) is 9.83. The number of carbonyl (C=O) groups excluding carboxylic acids is 2. The Hall–Kier alpha value is -2.62. The monoisotopic (exact) mass is 464 g/mol. The lowest BCUT2D eigenvalue weighted by Crippen LogP contribution is -2.48. The minimum atomic E-state index is -3.83. The summed E-state index contributed by atoms with van der Waals surface area (Å²) in [6.45, 7) is 1.90. The number of carbonyl (C=O) groups is 2. The van der Waals surface area contributed by atoms with E-state index in [2.05, 4.69) is 4.90 Å². The Labute approximate surface area is 185 Å². The van der Waals surface area contributed by atoms with E-state index in [4.69, 9.17) is 21.1 Å². The first-order valence-corrected chi connectivity index (χ1v) is 11.7. The van der Waals surface area contributed by atoms with Gasteiger partial charge in [0.2, 0.25) is 16.1 Å². The molecule has 2 aliphatic heterocycles. The number of nitrogens with zero attached hydrogens (tertiary/aromatic N) is 2. The number of rotatable bonds is 5. The smallest absolute Gasteiger partial charge is 0.347 e. The second-order valence-corrected chi connectivity index (χ2v) is 9.56. The van der Waals surface area contributed by atoms with Gasteiger partial charge in [0.1, 0.15) is 0 Å². The Morgan fingerprint density at radius 3 is 2.42 bits per heavy atom. The van der Waals surface area contributed by atoms with Crippen LogP contribution in [0.3, 0.4) is 0 Å². The Kier molecular flexibility index (Phi) is 6.17. The molecule has 0 aliphatic carbocycles. The summed E-state index contributed by atoms with van der Waals surface area (Å²) in [5, 5.41) is 0.0456. The molecule has 1 unspecified atom stereocenters. The highest BCUT2D eigenvalue weighted by Gasteiger charge is 2.33. The first kappa shape index (κ1) is 21.6. The number of ether oxygens (including phenoxy) is 2. The summed E-state index contributed by atoms with van der Waals surface area (Å²) in [5.41, 5.74) is 0.937. The van der Waals surface area contributed by atoms with Gasteiger partial charge in [-0.25, -0.2) is 18.0 Å². The summed E-state index contributed by atoms with van der Waals surface area (Å²) in [6, 6.07) is 13.7. The van der Waals surface area contributed by atoms with E-state index in [1.807, 2.05) is 30.3 Å². The molecule has 2 fully saturated rings. The molecule has 0 aromatic heterocycles. The highest BCUT2D eigenvalue weighted by atomic mass is 35.5. The molecule has 164 valence electrons. The first-order chi connectivity index (χ1) is 14.9. The van der Waals surface area contributed by atoms with Crippen molar-refractivity contribution < 1.29 is 27.5 Å². The maximum absolute atomic E-state index is 13.2. The highest BCUT2D eigenvalue weighted by molar-refractivity contribution is 7.89. The number of sulfonamides is 1. The fourth-order valence-electron chi connectivity index (χ4n) is 3.57. The van der Waals surface area contributed by atoms with Crippen LogP contribution >= 0.6 is 11.6 Å². The second kappa shape index (κ2) is 8.86. The summed E-state index contributed by atoms with van der Waals surface area (Å²) in [7, 11) is -3.83. The van der Waals surface area contributed by atoms with Gasteiger partial charge in [0, 0.05) is 38.3 Å². The minimum absolute atomic E-state index is 0.0456. The molecule has 0 N–H and O–H groups in total. The maximum Gasteiger partial charge on any atom is 0.347 e. The molecule has 0 radical (unpaired) electrons. The van der Waals surface area contributed by atoms with Crippen LogP contribution in [0.15, 0.2) is 53.4 Å². The van der Waals surface area contributed by atoms with Crippen molar-refractivity contribution in [3.63, 3.8) is 0 Å². The molecule has 0 amide bonds. The van der Waals surface area contributed by atoms with Gasteiger partial charge in [0.05, 0.1) is 22.1 Å². The molecule has 1 atom stereocenters. The van der Waals surface area contributed by atoms with Crippen molar-refractivity contribution in [2.75, 3.05) is 37.7 Å². The van der Waals surface area contributed by atoms with Gasteiger partial charge in [-0.05, 0) is 30.3 Å². The number of cyclic esters (lactones) is 1. The quantitative estimate of drug-likeness (QED) is 0.627. The largest absolute Gasteiger partial charge is 0.463 e. The number of hydrogen-bond donors (Lipinski definition) is 0. The number of piperazine rings is 1. The molecule has 31 heavy (non-hydrogen) atoms. The van der Waals surface area contributed by atoms with Crippen molar-refractivity contribution in [3.05, 3.63) is 59.1 Å². The van der Waals surface area contributed by atoms with Crippen LogP contribution in [0.4, 0.5) is 5.69 Å². The van der Waals surface area contributed by atoms with Gasteiger partial charge in [0.25, 0.3) is 0 Å². The van der Waals surface area contributed by atoms with Gasteiger partial charge in [0.15, 0.2) is 0 Å². The molecule has 2 aliphatic rings. The molecule has 2 aromatic rings. The average molecular weight is 465 g/mol. The van der Waals surface area contributed by atoms with E-state index < -0.39 is 28.1 Å². The van der Waals surface area contributed by atoms with E-state index in [0.717, 1.165) is 5.69 Å². The normalized spacial score (nSPS) is 19.8. The van der Waals surface area contributed by atoms with Crippen LogP contribution < -0.4 is 4.90 Å². The molecule has 2 heterocycles. The highest BCUT2D eigenvalue weighted by Crippen LogP contribution is 2.26. The summed E-state index contributed by atoms with van der Waals surface area (Å²) < 4.78 is 37.6. The molecule has 4 rings (SSSR count). The molecular formula is C21H21ClN2O6S. The lowest BCUT2D eigenvalue weighted by molar-refractivity contribution is -0.145. The van der Waals surface area contributed by atoms with Crippen LogP contribution in [0.25, 0.3) is 0 Å². The molecule has 8 nitrogen and oxygen atoms in total. The third-order valence-electron chi connectivity index (χ3n) is 5.29. The molecule has 2 saturated heterocycles. The number of halogens is 1. The van der Waals surface area contributed by atoms with Crippen molar-refractivity contribution in [2.24, 2.45) is 0 Å². The van der Waals surface area contributed by atoms with Gasteiger partial charge in [-0.1, -0.05) is 29.8 Å². The standard InChI is InChI=1S/C21H21ClN2O6S/c22-18-7-6-16(14-17(18)20(25)30-19-8-13-29-21(19)26)31(27,28)24-11-9-23(10-12-24)15-4-2-1-3-5-15/h1-7,14,19H,8-13H2. The number of anilines is 1. The fourth-order valence-corrected chi connectivity index (χ4v) is 5.22. The lowest BCUT2D eigenvalue weighted by atomic mass is 10.2. The Bertz CT molecular complexity index is 1080. The maximum atomic E-state index is 13.2. The van der Waals surface area contributed by atoms with Gasteiger partial charge in [-0.15, -0.1) is 0 Å². The van der Waals surface area contributed by atoms with E-state index >= 15 is 0 Å². The molecule has 0 bridgehead atoms. The van der Waals surface area contributed by atoms with Crippen LogP contribution in [-0.2, 0) is 24.3 Å². The van der Waals surface area contributed by atoms with Crippen molar-refractivity contribution in [2.45, 2.75) is 17.4 Å². The van der Waals surface area contributed by atoms with E-state index in [-0.39, 0.29) is 28.5 Å². The van der Waals surface area contributed by atoms with Crippen LogP contribution in [-0.4, -0.2) is 63.6 Å². The van der Waals surface area contributed by atoms with E-state index in [0.29, 0.717) is 26.2 Å².